The molecule has 0 spiro atoms. The number of anilines is 2. The molecule has 1 atom stereocenters. The van der Waals surface area contributed by atoms with E-state index in [0.29, 0.717) is 5.75 Å². The molecule has 0 fully saturated rings. The first kappa shape index (κ1) is 28.5. The highest BCUT2D eigenvalue weighted by Gasteiger charge is 2.30. The normalized spacial score (nSPS) is 11.8. The molecule has 2 amide bonds. The van der Waals surface area contributed by atoms with E-state index < -0.39 is 22.5 Å². The van der Waals surface area contributed by atoms with Crippen molar-refractivity contribution in [1.29, 1.82) is 0 Å². The van der Waals surface area contributed by atoms with Crippen LogP contribution in [0.5, 0.6) is 11.5 Å². The number of carbonyl (C=O) groups excluding carboxylic acids is 2. The molecule has 2 N–H and O–H groups in total. The molecule has 9 nitrogen and oxygen atoms in total. The average molecular weight is 540 g/mol. The van der Waals surface area contributed by atoms with E-state index in [-0.39, 0.29) is 39.5 Å². The lowest BCUT2D eigenvalue weighted by Crippen LogP contribution is -2.39. The number of benzene rings is 3. The standard InChI is InChI=1S/C28H33N3O6S/c1-6-20(3)29-28(33)23-9-7-8-10-24(23)30-27(32)18-31(25-16-13-21(36-4)17-26(25)37-5)38(34,35)22-14-11-19(2)12-15-22/h7-17,20H,6,18H2,1-5H3,(H,29,33)(H,30,32)/t20-/m0/s1. The second kappa shape index (κ2) is 12.5. The van der Waals surface area contributed by atoms with Crippen LogP contribution in [0.3, 0.4) is 0 Å². The van der Waals surface area contributed by atoms with Crippen molar-refractivity contribution in [3.8, 4) is 11.5 Å². The van der Waals surface area contributed by atoms with Crippen molar-refractivity contribution < 1.29 is 27.5 Å². The maximum Gasteiger partial charge on any atom is 0.264 e. The summed E-state index contributed by atoms with van der Waals surface area (Å²) in [6.07, 6.45) is 0.746. The zero-order valence-electron chi connectivity index (χ0n) is 22.1. The molecule has 0 saturated carbocycles. The first-order valence-electron chi connectivity index (χ1n) is 12.1. The Morgan fingerprint density at radius 3 is 2.29 bits per heavy atom. The van der Waals surface area contributed by atoms with Gasteiger partial charge in [-0.25, -0.2) is 8.42 Å². The molecular formula is C28H33N3O6S. The number of aryl methyl sites for hydroxylation is 1. The van der Waals surface area contributed by atoms with Crippen LogP contribution in [0.15, 0.2) is 71.6 Å². The summed E-state index contributed by atoms with van der Waals surface area (Å²) in [4.78, 5) is 26.1. The summed E-state index contributed by atoms with van der Waals surface area (Å²) in [5.41, 5.74) is 1.60. The number of carbonyl (C=O) groups is 2. The Kier molecular flexibility index (Phi) is 9.35. The zero-order chi connectivity index (χ0) is 27.9. The molecule has 0 radical (unpaired) electrons. The summed E-state index contributed by atoms with van der Waals surface area (Å²) in [7, 11) is -1.30. The van der Waals surface area contributed by atoms with Crippen molar-refractivity contribution in [3.63, 3.8) is 0 Å². The molecule has 0 saturated heterocycles. The second-order valence-electron chi connectivity index (χ2n) is 8.74. The number of hydrogen-bond donors (Lipinski definition) is 2. The van der Waals surface area contributed by atoms with Crippen molar-refractivity contribution in [3.05, 3.63) is 77.9 Å². The van der Waals surface area contributed by atoms with Gasteiger partial charge in [-0.05, 0) is 56.7 Å². The number of methoxy groups -OCH3 is 2. The molecule has 3 rings (SSSR count). The number of nitrogens with one attached hydrogen (secondary N) is 2. The maximum absolute atomic E-state index is 13.8. The van der Waals surface area contributed by atoms with Gasteiger partial charge < -0.3 is 20.1 Å². The third kappa shape index (κ3) is 6.63. The van der Waals surface area contributed by atoms with Crippen molar-refractivity contribution in [2.45, 2.75) is 38.1 Å². The van der Waals surface area contributed by atoms with E-state index in [1.165, 1.54) is 32.4 Å². The Bertz CT molecular complexity index is 1390. The molecule has 202 valence electrons. The number of nitrogens with zero attached hydrogens (tertiary/aromatic N) is 1. The van der Waals surface area contributed by atoms with E-state index in [2.05, 4.69) is 10.6 Å². The van der Waals surface area contributed by atoms with Gasteiger partial charge in [-0.2, -0.15) is 0 Å². The van der Waals surface area contributed by atoms with Gasteiger partial charge in [0.1, 0.15) is 18.0 Å². The monoisotopic (exact) mass is 539 g/mol. The number of rotatable bonds is 11. The van der Waals surface area contributed by atoms with Crippen molar-refractivity contribution in [2.24, 2.45) is 0 Å². The first-order chi connectivity index (χ1) is 18.1. The third-order valence-electron chi connectivity index (χ3n) is 5.99. The molecule has 0 unspecified atom stereocenters. The summed E-state index contributed by atoms with van der Waals surface area (Å²) in [6, 6.07) is 17.5. The molecule has 38 heavy (non-hydrogen) atoms. The van der Waals surface area contributed by atoms with Crippen LogP contribution >= 0.6 is 0 Å². The fourth-order valence-electron chi connectivity index (χ4n) is 3.64. The summed E-state index contributed by atoms with van der Waals surface area (Å²) in [6.45, 7) is 5.12. The van der Waals surface area contributed by atoms with Crippen molar-refractivity contribution >= 4 is 33.2 Å². The van der Waals surface area contributed by atoms with Crippen LogP contribution in [0, 0.1) is 6.92 Å². The highest BCUT2D eigenvalue weighted by Crippen LogP contribution is 2.35. The van der Waals surface area contributed by atoms with E-state index in [9.17, 15) is 18.0 Å². The van der Waals surface area contributed by atoms with Gasteiger partial charge in [0.05, 0.1) is 36.1 Å². The largest absolute Gasteiger partial charge is 0.497 e. The lowest BCUT2D eigenvalue weighted by Gasteiger charge is -2.26. The smallest absolute Gasteiger partial charge is 0.264 e. The fraction of sp³-hybridized carbons (Fsp3) is 0.286. The average Bonchev–Trinajstić information content (AvgIpc) is 2.91. The zero-order valence-corrected chi connectivity index (χ0v) is 23.0. The molecule has 3 aromatic carbocycles. The molecule has 10 heteroatoms. The Labute approximate surface area is 223 Å². The lowest BCUT2D eigenvalue weighted by atomic mass is 10.1. The number of sulfonamides is 1. The van der Waals surface area contributed by atoms with Crippen molar-refractivity contribution in [2.75, 3.05) is 30.4 Å². The summed E-state index contributed by atoms with van der Waals surface area (Å²) in [5, 5.41) is 5.58. The van der Waals surface area contributed by atoms with E-state index in [0.717, 1.165) is 16.3 Å². The molecule has 0 aliphatic carbocycles. The van der Waals surface area contributed by atoms with Gasteiger partial charge in [-0.1, -0.05) is 36.8 Å². The number of ether oxygens (including phenoxy) is 2. The Hall–Kier alpha value is -4.05. The highest BCUT2D eigenvalue weighted by atomic mass is 32.2. The predicted molar refractivity (Wildman–Crippen MR) is 148 cm³/mol. The van der Waals surface area contributed by atoms with Crippen LogP contribution in [0.1, 0.15) is 36.2 Å². The molecule has 0 aliphatic heterocycles. The maximum atomic E-state index is 13.8. The molecule has 0 bridgehead atoms. The number of hydrogen-bond acceptors (Lipinski definition) is 6. The van der Waals surface area contributed by atoms with Crippen LogP contribution in [-0.2, 0) is 14.8 Å². The molecule has 0 aromatic heterocycles. The first-order valence-corrected chi connectivity index (χ1v) is 13.6. The minimum absolute atomic E-state index is 0.0158. The fourth-order valence-corrected chi connectivity index (χ4v) is 5.07. The van der Waals surface area contributed by atoms with Crippen LogP contribution < -0.4 is 24.4 Å². The summed E-state index contributed by atoms with van der Waals surface area (Å²) < 4.78 is 39.2. The summed E-state index contributed by atoms with van der Waals surface area (Å²) in [5.74, 6) is -0.302. The quantitative estimate of drug-likeness (QED) is 0.374. The second-order valence-corrected chi connectivity index (χ2v) is 10.6. The van der Waals surface area contributed by atoms with Gasteiger partial charge in [0, 0.05) is 12.1 Å². The van der Waals surface area contributed by atoms with Crippen molar-refractivity contribution in [1.82, 2.24) is 5.32 Å². The van der Waals surface area contributed by atoms with Gasteiger partial charge in [-0.3, -0.25) is 13.9 Å². The van der Waals surface area contributed by atoms with Gasteiger partial charge in [0.15, 0.2) is 0 Å². The van der Waals surface area contributed by atoms with E-state index in [1.54, 1.807) is 48.5 Å². The van der Waals surface area contributed by atoms with Gasteiger partial charge >= 0.3 is 0 Å². The van der Waals surface area contributed by atoms with Crippen LogP contribution in [0.2, 0.25) is 0 Å². The third-order valence-corrected chi connectivity index (χ3v) is 7.76. The Balaban J connectivity index is 1.99. The number of amides is 2. The van der Waals surface area contributed by atoms with Gasteiger partial charge in [0.25, 0.3) is 15.9 Å². The van der Waals surface area contributed by atoms with Crippen LogP contribution in [0.25, 0.3) is 0 Å². The predicted octanol–water partition coefficient (Wildman–Crippen LogP) is 4.37. The van der Waals surface area contributed by atoms with E-state index in [1.807, 2.05) is 20.8 Å². The highest BCUT2D eigenvalue weighted by molar-refractivity contribution is 7.92. The van der Waals surface area contributed by atoms with Crippen LogP contribution in [0.4, 0.5) is 11.4 Å². The molecule has 3 aromatic rings. The number of para-hydroxylation sites is 1. The lowest BCUT2D eigenvalue weighted by molar-refractivity contribution is -0.114. The molecule has 0 heterocycles. The van der Waals surface area contributed by atoms with Gasteiger partial charge in [-0.15, -0.1) is 0 Å². The minimum atomic E-state index is -4.18. The van der Waals surface area contributed by atoms with E-state index >= 15 is 0 Å². The van der Waals surface area contributed by atoms with E-state index in [4.69, 9.17) is 9.47 Å². The van der Waals surface area contributed by atoms with Crippen LogP contribution in [-0.4, -0.2) is 47.0 Å². The topological polar surface area (TPSA) is 114 Å². The molecule has 0 aliphatic rings. The van der Waals surface area contributed by atoms with Gasteiger partial charge in [0.2, 0.25) is 5.91 Å². The SMILES string of the molecule is CC[C@H](C)NC(=O)c1ccccc1NC(=O)CN(c1ccc(OC)cc1OC)S(=O)(=O)c1ccc(C)cc1. The summed E-state index contributed by atoms with van der Waals surface area (Å²) >= 11 is 0. The molecular weight excluding hydrogens is 506 g/mol. The Morgan fingerprint density at radius 2 is 1.66 bits per heavy atom. The Morgan fingerprint density at radius 1 is 0.974 bits per heavy atom. The minimum Gasteiger partial charge on any atom is -0.497 e.